The van der Waals surface area contributed by atoms with E-state index in [0.717, 1.165) is 5.56 Å². The predicted molar refractivity (Wildman–Crippen MR) is 92.7 cm³/mol. The van der Waals surface area contributed by atoms with E-state index < -0.39 is 10.0 Å². The Morgan fingerprint density at radius 1 is 1.09 bits per heavy atom. The van der Waals surface area contributed by atoms with Crippen LogP contribution in [0, 0.1) is 0 Å². The molecule has 0 aliphatic carbocycles. The maximum absolute atomic E-state index is 12.2. The summed E-state index contributed by atoms with van der Waals surface area (Å²) in [6.07, 6.45) is 0. The summed E-state index contributed by atoms with van der Waals surface area (Å²) in [6.45, 7) is 4.49. The number of halogens is 1. The molecule has 1 N–H and O–H groups in total. The fourth-order valence-electron chi connectivity index (χ4n) is 2.01. The van der Waals surface area contributed by atoms with E-state index in [0.29, 0.717) is 16.7 Å². The molecule has 6 heteroatoms. The van der Waals surface area contributed by atoms with Crippen LogP contribution in [0.2, 0.25) is 5.02 Å². The molecular formula is C17H20ClNO3S. The van der Waals surface area contributed by atoms with Gasteiger partial charge in [-0.05, 0) is 35.7 Å². The SMILES string of the molecule is CC(C)c1ccc(S(=O)(=O)NCCOc2ccccc2Cl)cc1. The maximum Gasteiger partial charge on any atom is 0.240 e. The summed E-state index contributed by atoms with van der Waals surface area (Å²) in [5, 5.41) is 0.500. The van der Waals surface area contributed by atoms with Crippen LogP contribution in [0.25, 0.3) is 0 Å². The average Bonchev–Trinajstić information content (AvgIpc) is 2.53. The summed E-state index contributed by atoms with van der Waals surface area (Å²) >= 11 is 5.97. The second kappa shape index (κ2) is 7.81. The van der Waals surface area contributed by atoms with Crippen molar-refractivity contribution < 1.29 is 13.2 Å². The molecule has 0 amide bonds. The fourth-order valence-corrected chi connectivity index (χ4v) is 3.22. The monoisotopic (exact) mass is 353 g/mol. The zero-order valence-corrected chi connectivity index (χ0v) is 14.7. The van der Waals surface area contributed by atoms with Crippen molar-refractivity contribution in [3.05, 3.63) is 59.1 Å². The summed E-state index contributed by atoms with van der Waals surface area (Å²) in [4.78, 5) is 0.250. The van der Waals surface area contributed by atoms with Crippen molar-refractivity contribution in [1.82, 2.24) is 4.72 Å². The van der Waals surface area contributed by atoms with Crippen molar-refractivity contribution in [3.63, 3.8) is 0 Å². The Bertz CT molecular complexity index is 743. The van der Waals surface area contributed by atoms with E-state index >= 15 is 0 Å². The van der Waals surface area contributed by atoms with E-state index in [1.165, 1.54) is 0 Å². The molecule has 0 spiro atoms. The number of hydrogen-bond donors (Lipinski definition) is 1. The summed E-state index contributed by atoms with van der Waals surface area (Å²) in [5.41, 5.74) is 1.10. The number of nitrogens with one attached hydrogen (secondary N) is 1. The van der Waals surface area contributed by atoms with Crippen LogP contribution in [0.3, 0.4) is 0 Å². The standard InChI is InChI=1S/C17H20ClNO3S/c1-13(2)14-7-9-15(10-8-14)23(20,21)19-11-12-22-17-6-4-3-5-16(17)18/h3-10,13,19H,11-12H2,1-2H3. The number of para-hydroxylation sites is 1. The zero-order chi connectivity index (χ0) is 16.9. The Morgan fingerprint density at radius 2 is 1.74 bits per heavy atom. The lowest BCUT2D eigenvalue weighted by Crippen LogP contribution is -2.28. The third-order valence-electron chi connectivity index (χ3n) is 3.35. The highest BCUT2D eigenvalue weighted by Gasteiger charge is 2.13. The molecule has 4 nitrogen and oxygen atoms in total. The molecule has 0 aliphatic heterocycles. The van der Waals surface area contributed by atoms with Crippen LogP contribution in [-0.2, 0) is 10.0 Å². The lowest BCUT2D eigenvalue weighted by atomic mass is 10.0. The van der Waals surface area contributed by atoms with Gasteiger partial charge in [0.05, 0.1) is 9.92 Å². The molecular weight excluding hydrogens is 334 g/mol. The molecule has 23 heavy (non-hydrogen) atoms. The van der Waals surface area contributed by atoms with Gasteiger partial charge in [0.2, 0.25) is 10.0 Å². The molecule has 2 aromatic rings. The summed E-state index contributed by atoms with van der Waals surface area (Å²) in [6, 6.07) is 14.0. The van der Waals surface area contributed by atoms with Crippen LogP contribution in [-0.4, -0.2) is 21.6 Å². The van der Waals surface area contributed by atoms with Crippen LogP contribution < -0.4 is 9.46 Å². The highest BCUT2D eigenvalue weighted by Crippen LogP contribution is 2.22. The molecule has 0 atom stereocenters. The smallest absolute Gasteiger partial charge is 0.240 e. The Morgan fingerprint density at radius 3 is 2.35 bits per heavy atom. The van der Waals surface area contributed by atoms with Gasteiger partial charge >= 0.3 is 0 Å². The summed E-state index contributed by atoms with van der Waals surface area (Å²) < 4.78 is 32.4. The van der Waals surface area contributed by atoms with Gasteiger partial charge in [-0.25, -0.2) is 13.1 Å². The molecule has 124 valence electrons. The van der Waals surface area contributed by atoms with E-state index in [1.807, 2.05) is 18.2 Å². The molecule has 0 aromatic heterocycles. The van der Waals surface area contributed by atoms with Gasteiger partial charge in [-0.1, -0.05) is 49.7 Å². The van der Waals surface area contributed by atoms with Crippen molar-refractivity contribution in [2.75, 3.05) is 13.2 Å². The highest BCUT2D eigenvalue weighted by molar-refractivity contribution is 7.89. The van der Waals surface area contributed by atoms with Gasteiger partial charge in [0.15, 0.2) is 0 Å². The Hall–Kier alpha value is -1.56. The number of hydrogen-bond acceptors (Lipinski definition) is 3. The number of rotatable bonds is 7. The quantitative estimate of drug-likeness (QED) is 0.770. The normalized spacial score (nSPS) is 11.7. The lowest BCUT2D eigenvalue weighted by molar-refractivity contribution is 0.323. The van der Waals surface area contributed by atoms with Crippen LogP contribution in [0.1, 0.15) is 25.3 Å². The Kier molecular flexibility index (Phi) is 6.04. The van der Waals surface area contributed by atoms with Gasteiger partial charge in [0.25, 0.3) is 0 Å². The molecule has 0 heterocycles. The van der Waals surface area contributed by atoms with E-state index in [1.54, 1.807) is 30.3 Å². The second-order valence-corrected chi connectivity index (χ2v) is 7.57. The number of sulfonamides is 1. The third-order valence-corrected chi connectivity index (χ3v) is 5.13. The van der Waals surface area contributed by atoms with Crippen LogP contribution >= 0.6 is 11.6 Å². The Balaban J connectivity index is 1.90. The van der Waals surface area contributed by atoms with Crippen molar-refractivity contribution >= 4 is 21.6 Å². The number of benzene rings is 2. The minimum Gasteiger partial charge on any atom is -0.491 e. The number of ether oxygens (including phenoxy) is 1. The van der Waals surface area contributed by atoms with Crippen molar-refractivity contribution in [2.24, 2.45) is 0 Å². The second-order valence-electron chi connectivity index (χ2n) is 5.40. The lowest BCUT2D eigenvalue weighted by Gasteiger charge is -2.10. The first-order valence-electron chi connectivity index (χ1n) is 7.37. The van der Waals surface area contributed by atoms with Gasteiger partial charge in [0, 0.05) is 6.54 Å². The highest BCUT2D eigenvalue weighted by atomic mass is 35.5. The first-order chi connectivity index (χ1) is 10.9. The van der Waals surface area contributed by atoms with Crippen molar-refractivity contribution in [2.45, 2.75) is 24.7 Å². The molecule has 0 bridgehead atoms. The van der Waals surface area contributed by atoms with Gasteiger partial charge in [-0.15, -0.1) is 0 Å². The van der Waals surface area contributed by atoms with E-state index in [-0.39, 0.29) is 18.0 Å². The molecule has 0 radical (unpaired) electrons. The molecule has 0 saturated heterocycles. The Labute approximate surface area is 142 Å². The fraction of sp³-hybridized carbons (Fsp3) is 0.294. The maximum atomic E-state index is 12.2. The minimum absolute atomic E-state index is 0.166. The first kappa shape index (κ1) is 17.8. The van der Waals surface area contributed by atoms with Gasteiger partial charge in [-0.3, -0.25) is 0 Å². The first-order valence-corrected chi connectivity index (χ1v) is 9.23. The van der Waals surface area contributed by atoms with Gasteiger partial charge in [0.1, 0.15) is 12.4 Å². The van der Waals surface area contributed by atoms with E-state index in [4.69, 9.17) is 16.3 Å². The van der Waals surface area contributed by atoms with Gasteiger partial charge in [-0.2, -0.15) is 0 Å². The zero-order valence-electron chi connectivity index (χ0n) is 13.1. The molecule has 0 unspecified atom stereocenters. The van der Waals surface area contributed by atoms with Crippen LogP contribution in [0.15, 0.2) is 53.4 Å². The van der Waals surface area contributed by atoms with E-state index in [2.05, 4.69) is 18.6 Å². The summed E-state index contributed by atoms with van der Waals surface area (Å²) in [7, 11) is -3.53. The molecule has 0 fully saturated rings. The van der Waals surface area contributed by atoms with Crippen molar-refractivity contribution in [1.29, 1.82) is 0 Å². The predicted octanol–water partition coefficient (Wildman–Crippen LogP) is 3.82. The average molecular weight is 354 g/mol. The summed E-state index contributed by atoms with van der Waals surface area (Å²) in [5.74, 6) is 0.901. The van der Waals surface area contributed by atoms with Crippen LogP contribution in [0.4, 0.5) is 0 Å². The van der Waals surface area contributed by atoms with Crippen molar-refractivity contribution in [3.8, 4) is 5.75 Å². The topological polar surface area (TPSA) is 55.4 Å². The molecule has 0 aliphatic rings. The third kappa shape index (κ3) is 4.96. The molecule has 2 rings (SSSR count). The van der Waals surface area contributed by atoms with Crippen LogP contribution in [0.5, 0.6) is 5.75 Å². The molecule has 2 aromatic carbocycles. The largest absolute Gasteiger partial charge is 0.491 e. The molecule has 0 saturated carbocycles. The minimum atomic E-state index is -3.53. The van der Waals surface area contributed by atoms with Gasteiger partial charge < -0.3 is 4.74 Å². The van der Waals surface area contributed by atoms with E-state index in [9.17, 15) is 8.42 Å².